The Morgan fingerprint density at radius 2 is 1.61 bits per heavy atom. The number of aromatic nitrogens is 2. The van der Waals surface area contributed by atoms with E-state index >= 15 is 0 Å². The van der Waals surface area contributed by atoms with Crippen molar-refractivity contribution in [1.29, 1.82) is 0 Å². The van der Waals surface area contributed by atoms with Crippen molar-refractivity contribution in [2.45, 2.75) is 13.3 Å². The van der Waals surface area contributed by atoms with Gasteiger partial charge in [-0.05, 0) is 30.2 Å². The van der Waals surface area contributed by atoms with E-state index in [0.717, 1.165) is 23.3 Å². The van der Waals surface area contributed by atoms with Crippen LogP contribution in [0.15, 0.2) is 78.9 Å². The fourth-order valence-corrected chi connectivity index (χ4v) is 3.00. The van der Waals surface area contributed by atoms with Gasteiger partial charge in [-0.15, -0.1) is 0 Å². The minimum absolute atomic E-state index is 1.02. The zero-order valence-corrected chi connectivity index (χ0v) is 13.1. The zero-order chi connectivity index (χ0) is 15.6. The quantitative estimate of drug-likeness (QED) is 0.505. The summed E-state index contributed by atoms with van der Waals surface area (Å²) in [5.74, 6) is 0. The van der Waals surface area contributed by atoms with Crippen LogP contribution in [0.3, 0.4) is 0 Å². The van der Waals surface area contributed by atoms with Gasteiger partial charge in [0.05, 0.1) is 16.9 Å². The largest absolute Gasteiger partial charge is 0.232 e. The van der Waals surface area contributed by atoms with Gasteiger partial charge in [-0.3, -0.25) is 0 Å². The molecule has 1 aromatic heterocycles. The van der Waals surface area contributed by atoms with Gasteiger partial charge in [0.25, 0.3) is 0 Å². The summed E-state index contributed by atoms with van der Waals surface area (Å²) < 4.78 is 2.07. The molecule has 0 radical (unpaired) electrons. The van der Waals surface area contributed by atoms with Crippen LogP contribution in [0, 0.1) is 0 Å². The summed E-state index contributed by atoms with van der Waals surface area (Å²) >= 11 is 0. The van der Waals surface area contributed by atoms with Gasteiger partial charge in [0.15, 0.2) is 0 Å². The van der Waals surface area contributed by atoms with Gasteiger partial charge in [-0.1, -0.05) is 67.6 Å². The van der Waals surface area contributed by atoms with Crippen LogP contribution in [0.2, 0.25) is 0 Å². The maximum absolute atomic E-state index is 4.85. The summed E-state index contributed by atoms with van der Waals surface area (Å²) in [6.07, 6.45) is 1.02. The third-order valence-electron chi connectivity index (χ3n) is 4.19. The molecule has 0 aliphatic carbocycles. The molecule has 0 spiro atoms. The highest BCUT2D eigenvalue weighted by atomic mass is 15.3. The minimum Gasteiger partial charge on any atom is -0.232 e. The monoisotopic (exact) mass is 298 g/mol. The first-order valence-electron chi connectivity index (χ1n) is 7.99. The van der Waals surface area contributed by atoms with Gasteiger partial charge in [0, 0.05) is 10.9 Å². The predicted molar refractivity (Wildman–Crippen MR) is 95.9 cm³/mol. The van der Waals surface area contributed by atoms with Gasteiger partial charge in [0.2, 0.25) is 0 Å². The lowest BCUT2D eigenvalue weighted by molar-refractivity contribution is 0.900. The van der Waals surface area contributed by atoms with Crippen molar-refractivity contribution in [3.8, 4) is 16.9 Å². The second-order valence-electron chi connectivity index (χ2n) is 5.67. The van der Waals surface area contributed by atoms with Crippen LogP contribution in [0.25, 0.3) is 27.8 Å². The molecule has 0 bridgehead atoms. The van der Waals surface area contributed by atoms with Crippen LogP contribution in [-0.4, -0.2) is 9.78 Å². The van der Waals surface area contributed by atoms with Crippen LogP contribution in [0.5, 0.6) is 0 Å². The van der Waals surface area contributed by atoms with E-state index in [9.17, 15) is 0 Å². The zero-order valence-electron chi connectivity index (χ0n) is 13.1. The molecule has 2 heteroatoms. The Labute approximate surface area is 136 Å². The first kappa shape index (κ1) is 13.8. The number of hydrogen-bond acceptors (Lipinski definition) is 1. The van der Waals surface area contributed by atoms with Crippen molar-refractivity contribution in [3.05, 3.63) is 84.4 Å². The second kappa shape index (κ2) is 5.73. The SMILES string of the molecule is CCc1cccc(-n2nc3ccccc3c2-c2ccccc2)c1. The minimum atomic E-state index is 1.02. The van der Waals surface area contributed by atoms with E-state index in [1.54, 1.807) is 0 Å². The number of benzene rings is 3. The topological polar surface area (TPSA) is 17.8 Å². The Hall–Kier alpha value is -2.87. The maximum Gasteiger partial charge on any atom is 0.0934 e. The summed E-state index contributed by atoms with van der Waals surface area (Å²) in [4.78, 5) is 0. The number of hydrogen-bond donors (Lipinski definition) is 0. The Balaban J connectivity index is 2.02. The first-order valence-corrected chi connectivity index (χ1v) is 7.99. The van der Waals surface area contributed by atoms with E-state index in [0.29, 0.717) is 0 Å². The number of rotatable bonds is 3. The van der Waals surface area contributed by atoms with Crippen molar-refractivity contribution in [2.75, 3.05) is 0 Å². The summed E-state index contributed by atoms with van der Waals surface area (Å²) in [6, 6.07) is 27.4. The summed E-state index contributed by atoms with van der Waals surface area (Å²) in [5.41, 5.74) is 5.78. The average molecular weight is 298 g/mol. The third-order valence-corrected chi connectivity index (χ3v) is 4.19. The van der Waals surface area contributed by atoms with Crippen molar-refractivity contribution < 1.29 is 0 Å². The lowest BCUT2D eigenvalue weighted by Gasteiger charge is -2.09. The summed E-state index contributed by atoms with van der Waals surface area (Å²) in [7, 11) is 0. The maximum atomic E-state index is 4.85. The molecular weight excluding hydrogens is 280 g/mol. The molecular formula is C21H18N2. The Bertz CT molecular complexity index is 952. The van der Waals surface area contributed by atoms with Crippen molar-refractivity contribution in [1.82, 2.24) is 9.78 Å². The molecule has 0 saturated carbocycles. The number of aryl methyl sites for hydroxylation is 1. The van der Waals surface area contributed by atoms with Crippen molar-refractivity contribution in [2.24, 2.45) is 0 Å². The summed E-state index contributed by atoms with van der Waals surface area (Å²) in [5, 5.41) is 6.03. The van der Waals surface area contributed by atoms with Gasteiger partial charge >= 0.3 is 0 Å². The Morgan fingerprint density at radius 3 is 2.43 bits per heavy atom. The van der Waals surface area contributed by atoms with E-state index in [2.05, 4.69) is 78.3 Å². The number of fused-ring (bicyclic) bond motifs is 1. The number of nitrogens with zero attached hydrogens (tertiary/aromatic N) is 2. The van der Waals surface area contributed by atoms with Crippen LogP contribution in [0.4, 0.5) is 0 Å². The lowest BCUT2D eigenvalue weighted by atomic mass is 10.1. The highest BCUT2D eigenvalue weighted by molar-refractivity contribution is 5.94. The Kier molecular flexibility index (Phi) is 3.43. The van der Waals surface area contributed by atoms with E-state index < -0.39 is 0 Å². The van der Waals surface area contributed by atoms with Crippen molar-refractivity contribution >= 4 is 10.9 Å². The van der Waals surface area contributed by atoms with E-state index in [-0.39, 0.29) is 0 Å². The van der Waals surface area contributed by atoms with Crippen LogP contribution in [-0.2, 0) is 6.42 Å². The second-order valence-corrected chi connectivity index (χ2v) is 5.67. The van der Waals surface area contributed by atoms with Gasteiger partial charge in [-0.25, -0.2) is 4.68 Å². The highest BCUT2D eigenvalue weighted by Gasteiger charge is 2.14. The van der Waals surface area contributed by atoms with E-state index in [1.165, 1.54) is 16.5 Å². The molecule has 4 rings (SSSR count). The van der Waals surface area contributed by atoms with E-state index in [1.807, 2.05) is 12.1 Å². The molecule has 0 atom stereocenters. The smallest absolute Gasteiger partial charge is 0.0934 e. The lowest BCUT2D eigenvalue weighted by Crippen LogP contribution is -1.99. The van der Waals surface area contributed by atoms with Crippen LogP contribution >= 0.6 is 0 Å². The van der Waals surface area contributed by atoms with Crippen LogP contribution in [0.1, 0.15) is 12.5 Å². The molecule has 3 aromatic carbocycles. The molecule has 2 nitrogen and oxygen atoms in total. The highest BCUT2D eigenvalue weighted by Crippen LogP contribution is 2.31. The van der Waals surface area contributed by atoms with Gasteiger partial charge in [-0.2, -0.15) is 5.10 Å². The van der Waals surface area contributed by atoms with E-state index in [4.69, 9.17) is 5.10 Å². The fourth-order valence-electron chi connectivity index (χ4n) is 3.00. The molecule has 4 aromatic rings. The molecule has 0 fully saturated rings. The molecule has 23 heavy (non-hydrogen) atoms. The predicted octanol–water partition coefficient (Wildman–Crippen LogP) is 5.25. The molecule has 0 amide bonds. The molecule has 0 N–H and O–H groups in total. The standard InChI is InChI=1S/C21H18N2/c1-2-16-9-8-12-18(15-16)23-21(17-10-4-3-5-11-17)19-13-6-7-14-20(19)22-23/h3-15H,2H2,1H3. The molecule has 0 aliphatic rings. The van der Waals surface area contributed by atoms with Gasteiger partial charge < -0.3 is 0 Å². The normalized spacial score (nSPS) is 11.0. The molecule has 0 unspecified atom stereocenters. The summed E-state index contributed by atoms with van der Waals surface area (Å²) in [6.45, 7) is 2.18. The van der Waals surface area contributed by atoms with Crippen molar-refractivity contribution in [3.63, 3.8) is 0 Å². The molecule has 0 saturated heterocycles. The molecule has 0 aliphatic heterocycles. The third kappa shape index (κ3) is 2.42. The Morgan fingerprint density at radius 1 is 0.826 bits per heavy atom. The average Bonchev–Trinajstić information content (AvgIpc) is 3.02. The molecule has 112 valence electrons. The van der Waals surface area contributed by atoms with Gasteiger partial charge in [0.1, 0.15) is 0 Å². The van der Waals surface area contributed by atoms with Crippen LogP contribution < -0.4 is 0 Å². The first-order chi connectivity index (χ1) is 11.4. The molecule has 1 heterocycles. The fraction of sp³-hybridized carbons (Fsp3) is 0.0952.